The molecule has 0 radical (unpaired) electrons. The highest BCUT2D eigenvalue weighted by Crippen LogP contribution is 2.34. The highest BCUT2D eigenvalue weighted by Gasteiger charge is 2.31. The Kier molecular flexibility index (Phi) is 4.17. The van der Waals surface area contributed by atoms with Crippen molar-refractivity contribution in [3.05, 3.63) is 77.9 Å². The lowest BCUT2D eigenvalue weighted by Crippen LogP contribution is -2.24. The number of fused-ring (bicyclic) bond motifs is 1. The number of methoxy groups -OCH3 is 1. The highest BCUT2D eigenvalue weighted by atomic mass is 16.5. The number of benzene rings is 3. The van der Waals surface area contributed by atoms with Crippen molar-refractivity contribution >= 4 is 22.4 Å². The lowest BCUT2D eigenvalue weighted by molar-refractivity contribution is -0.130. The van der Waals surface area contributed by atoms with Crippen LogP contribution in [0.2, 0.25) is 0 Å². The molecule has 0 aromatic heterocycles. The second kappa shape index (κ2) is 6.64. The van der Waals surface area contributed by atoms with Crippen LogP contribution < -0.4 is 4.74 Å². The van der Waals surface area contributed by atoms with Crippen molar-refractivity contribution < 1.29 is 9.53 Å². The van der Waals surface area contributed by atoms with E-state index in [2.05, 4.69) is 35.4 Å². The Labute approximate surface area is 152 Å². The minimum absolute atomic E-state index is 0.0541. The van der Waals surface area contributed by atoms with Gasteiger partial charge in [0.25, 0.3) is 0 Å². The zero-order valence-corrected chi connectivity index (χ0v) is 14.8. The van der Waals surface area contributed by atoms with Crippen LogP contribution in [0.15, 0.2) is 71.8 Å². The summed E-state index contributed by atoms with van der Waals surface area (Å²) < 4.78 is 5.23. The fourth-order valence-corrected chi connectivity index (χ4v) is 3.43. The summed E-state index contributed by atoms with van der Waals surface area (Å²) in [5.74, 6) is 0.749. The standard InChI is InChI=1S/C22H20N2O2/c1-15(25)24-22(17-9-11-20(26-2)12-10-17)14-21(23-24)19-8-7-16-5-3-4-6-18(16)13-19/h3-13,22H,14H2,1-2H3. The average Bonchev–Trinajstić information content (AvgIpc) is 3.13. The van der Waals surface area contributed by atoms with E-state index in [1.54, 1.807) is 19.0 Å². The van der Waals surface area contributed by atoms with Gasteiger partial charge in [-0.15, -0.1) is 0 Å². The molecule has 0 aliphatic carbocycles. The first-order valence-electron chi connectivity index (χ1n) is 8.66. The number of ether oxygens (including phenoxy) is 1. The van der Waals surface area contributed by atoms with Gasteiger partial charge in [-0.1, -0.05) is 48.5 Å². The summed E-state index contributed by atoms with van der Waals surface area (Å²) in [4.78, 5) is 12.1. The van der Waals surface area contributed by atoms with Crippen LogP contribution in [0.3, 0.4) is 0 Å². The third-order valence-electron chi connectivity index (χ3n) is 4.82. The number of carbonyl (C=O) groups excluding carboxylic acids is 1. The van der Waals surface area contributed by atoms with Crippen LogP contribution in [-0.2, 0) is 4.79 Å². The van der Waals surface area contributed by atoms with Crippen molar-refractivity contribution in [1.29, 1.82) is 0 Å². The minimum Gasteiger partial charge on any atom is -0.497 e. The SMILES string of the molecule is COc1ccc(C2CC(c3ccc4ccccc4c3)=NN2C(C)=O)cc1. The molecule has 4 nitrogen and oxygen atoms in total. The molecule has 1 atom stereocenters. The number of hydrogen-bond donors (Lipinski definition) is 0. The number of nitrogens with zero attached hydrogens (tertiary/aromatic N) is 2. The summed E-state index contributed by atoms with van der Waals surface area (Å²) in [6.45, 7) is 1.56. The predicted octanol–water partition coefficient (Wildman–Crippen LogP) is 4.55. The Morgan fingerprint density at radius 1 is 1.04 bits per heavy atom. The van der Waals surface area contributed by atoms with Gasteiger partial charge in [-0.2, -0.15) is 5.10 Å². The molecule has 1 unspecified atom stereocenters. The third kappa shape index (κ3) is 2.94. The third-order valence-corrected chi connectivity index (χ3v) is 4.82. The Hall–Kier alpha value is -3.14. The molecule has 4 rings (SSSR count). The quantitative estimate of drug-likeness (QED) is 0.700. The Bertz CT molecular complexity index is 992. The fourth-order valence-electron chi connectivity index (χ4n) is 3.43. The van der Waals surface area contributed by atoms with Crippen molar-refractivity contribution in [2.24, 2.45) is 5.10 Å². The molecule has 130 valence electrons. The molecule has 1 heterocycles. The molecule has 1 aliphatic rings. The monoisotopic (exact) mass is 344 g/mol. The van der Waals surface area contributed by atoms with Crippen molar-refractivity contribution in [1.82, 2.24) is 5.01 Å². The summed E-state index contributed by atoms with van der Waals surface area (Å²) in [5, 5.41) is 8.60. The lowest BCUT2D eigenvalue weighted by atomic mass is 9.97. The van der Waals surface area contributed by atoms with E-state index >= 15 is 0 Å². The summed E-state index contributed by atoms with van der Waals surface area (Å²) in [5.41, 5.74) is 3.05. The Balaban J connectivity index is 1.68. The van der Waals surface area contributed by atoms with E-state index in [-0.39, 0.29) is 11.9 Å². The van der Waals surface area contributed by atoms with Crippen LogP contribution in [-0.4, -0.2) is 23.7 Å². The second-order valence-corrected chi connectivity index (χ2v) is 6.47. The highest BCUT2D eigenvalue weighted by molar-refractivity contribution is 6.05. The van der Waals surface area contributed by atoms with Crippen LogP contribution >= 0.6 is 0 Å². The predicted molar refractivity (Wildman–Crippen MR) is 103 cm³/mol. The van der Waals surface area contributed by atoms with Crippen LogP contribution in [0.1, 0.15) is 30.5 Å². The minimum atomic E-state index is -0.0834. The lowest BCUT2D eigenvalue weighted by Gasteiger charge is -2.20. The number of amides is 1. The van der Waals surface area contributed by atoms with Crippen LogP contribution in [0.4, 0.5) is 0 Å². The Morgan fingerprint density at radius 2 is 1.77 bits per heavy atom. The topological polar surface area (TPSA) is 41.9 Å². The van der Waals surface area contributed by atoms with Gasteiger partial charge in [-0.25, -0.2) is 5.01 Å². The molecule has 26 heavy (non-hydrogen) atoms. The van der Waals surface area contributed by atoms with Gasteiger partial charge in [-0.3, -0.25) is 4.79 Å². The maximum atomic E-state index is 12.1. The van der Waals surface area contributed by atoms with Gasteiger partial charge < -0.3 is 4.74 Å². The number of rotatable bonds is 3. The second-order valence-electron chi connectivity index (χ2n) is 6.47. The molecule has 0 bridgehead atoms. The number of carbonyl (C=O) groups is 1. The molecule has 0 N–H and O–H groups in total. The van der Waals surface area contributed by atoms with Gasteiger partial charge in [0.15, 0.2) is 0 Å². The molecule has 1 aliphatic heterocycles. The largest absolute Gasteiger partial charge is 0.497 e. The van der Waals surface area contributed by atoms with E-state index < -0.39 is 0 Å². The summed E-state index contributed by atoms with van der Waals surface area (Å²) in [7, 11) is 1.65. The van der Waals surface area contributed by atoms with E-state index in [1.165, 1.54) is 10.8 Å². The summed E-state index contributed by atoms with van der Waals surface area (Å²) in [6, 6.07) is 22.3. The van der Waals surface area contributed by atoms with Crippen LogP contribution in [0.5, 0.6) is 5.75 Å². The van der Waals surface area contributed by atoms with Crippen molar-refractivity contribution in [3.8, 4) is 5.75 Å². The normalized spacial score (nSPS) is 16.6. The number of hydrogen-bond acceptors (Lipinski definition) is 3. The zero-order chi connectivity index (χ0) is 18.1. The van der Waals surface area contributed by atoms with Gasteiger partial charge >= 0.3 is 0 Å². The van der Waals surface area contributed by atoms with E-state index in [0.717, 1.165) is 22.6 Å². The summed E-state index contributed by atoms with van der Waals surface area (Å²) >= 11 is 0. The molecule has 0 saturated heterocycles. The van der Waals surface area contributed by atoms with Gasteiger partial charge in [0.05, 0.1) is 18.9 Å². The average molecular weight is 344 g/mol. The number of hydrazone groups is 1. The van der Waals surface area contributed by atoms with Gasteiger partial charge in [0.1, 0.15) is 5.75 Å². The van der Waals surface area contributed by atoms with Gasteiger partial charge in [0, 0.05) is 13.3 Å². The summed E-state index contributed by atoms with van der Waals surface area (Å²) in [6.07, 6.45) is 0.699. The Morgan fingerprint density at radius 3 is 2.46 bits per heavy atom. The first-order chi connectivity index (χ1) is 12.7. The van der Waals surface area contributed by atoms with Crippen molar-refractivity contribution in [2.45, 2.75) is 19.4 Å². The van der Waals surface area contributed by atoms with Crippen molar-refractivity contribution in [3.63, 3.8) is 0 Å². The molecule has 0 spiro atoms. The molecule has 0 saturated carbocycles. The van der Waals surface area contributed by atoms with Crippen LogP contribution in [0, 0.1) is 0 Å². The molecule has 1 amide bonds. The maximum absolute atomic E-state index is 12.1. The van der Waals surface area contributed by atoms with E-state index in [9.17, 15) is 4.79 Å². The van der Waals surface area contributed by atoms with E-state index in [0.29, 0.717) is 6.42 Å². The van der Waals surface area contributed by atoms with Gasteiger partial charge in [-0.05, 0) is 40.1 Å². The molecule has 0 fully saturated rings. The molecule has 4 heteroatoms. The molecular formula is C22H20N2O2. The van der Waals surface area contributed by atoms with E-state index in [4.69, 9.17) is 4.74 Å². The molecule has 3 aromatic carbocycles. The zero-order valence-electron chi connectivity index (χ0n) is 14.8. The van der Waals surface area contributed by atoms with Crippen LogP contribution in [0.25, 0.3) is 10.8 Å². The molecular weight excluding hydrogens is 324 g/mol. The maximum Gasteiger partial charge on any atom is 0.240 e. The molecule has 3 aromatic rings. The van der Waals surface area contributed by atoms with E-state index in [1.807, 2.05) is 36.4 Å². The van der Waals surface area contributed by atoms with Crippen molar-refractivity contribution in [2.75, 3.05) is 7.11 Å². The van der Waals surface area contributed by atoms with Gasteiger partial charge in [0.2, 0.25) is 5.91 Å². The first-order valence-corrected chi connectivity index (χ1v) is 8.66. The fraction of sp³-hybridized carbons (Fsp3) is 0.182. The smallest absolute Gasteiger partial charge is 0.240 e. The first kappa shape index (κ1) is 16.3.